The molecule has 5 nitrogen and oxygen atoms in total. The van der Waals surface area contributed by atoms with Crippen LogP contribution in [-0.2, 0) is 9.53 Å². The molecule has 22 heavy (non-hydrogen) atoms. The molecule has 1 heterocycles. The van der Waals surface area contributed by atoms with E-state index in [0.717, 1.165) is 13.0 Å². The highest BCUT2D eigenvalue weighted by Gasteiger charge is 2.18. The third kappa shape index (κ3) is 4.35. The normalized spacial score (nSPS) is 17.3. The van der Waals surface area contributed by atoms with E-state index in [1.165, 1.54) is 19.1 Å². The van der Waals surface area contributed by atoms with Crippen LogP contribution in [0.4, 0.5) is 0 Å². The number of Topliss-reactive ketones (excluding diaryl/α,β-unsaturated/α-hetero) is 1. The fraction of sp³-hybridized carbons (Fsp3) is 0.467. The Hall–Kier alpha value is -1.30. The summed E-state index contributed by atoms with van der Waals surface area (Å²) in [6.45, 7) is 3.11. The molecule has 1 aromatic carbocycles. The molecule has 1 aliphatic rings. The third-order valence-corrected chi connectivity index (χ3v) is 4.18. The molecule has 1 atom stereocenters. The van der Waals surface area contributed by atoms with E-state index in [2.05, 4.69) is 5.32 Å². The number of hydrogen-bond acceptors (Lipinski definition) is 4. The average molecular weight is 346 g/mol. The third-order valence-electron chi connectivity index (χ3n) is 3.39. The van der Waals surface area contributed by atoms with E-state index >= 15 is 0 Å². The van der Waals surface area contributed by atoms with Crippen LogP contribution in [0, 0.1) is 5.92 Å². The number of amides is 1. The van der Waals surface area contributed by atoms with Crippen LogP contribution < -0.4 is 10.1 Å². The van der Waals surface area contributed by atoms with Crippen molar-refractivity contribution in [2.75, 3.05) is 26.4 Å². The van der Waals surface area contributed by atoms with Gasteiger partial charge in [-0.2, -0.15) is 0 Å². The summed E-state index contributed by atoms with van der Waals surface area (Å²) in [5.74, 6) is -0.0120. The molecule has 0 bridgehead atoms. The first-order valence-corrected chi connectivity index (χ1v) is 7.70. The molecule has 0 saturated carbocycles. The van der Waals surface area contributed by atoms with Crippen LogP contribution in [0.25, 0.3) is 0 Å². The van der Waals surface area contributed by atoms with Crippen molar-refractivity contribution in [2.45, 2.75) is 13.3 Å². The van der Waals surface area contributed by atoms with Gasteiger partial charge in [-0.3, -0.25) is 9.59 Å². The van der Waals surface area contributed by atoms with Crippen molar-refractivity contribution in [3.8, 4) is 5.75 Å². The Kier molecular flexibility index (Phi) is 6.06. The lowest BCUT2D eigenvalue weighted by molar-refractivity contribution is -0.123. The Bertz CT molecular complexity index is 571. The van der Waals surface area contributed by atoms with E-state index in [0.29, 0.717) is 24.6 Å². The first-order valence-electron chi connectivity index (χ1n) is 6.95. The smallest absolute Gasteiger partial charge is 0.257 e. The van der Waals surface area contributed by atoms with Crippen LogP contribution in [0.1, 0.15) is 23.7 Å². The lowest BCUT2D eigenvalue weighted by Crippen LogP contribution is -2.33. The summed E-state index contributed by atoms with van der Waals surface area (Å²) in [6.07, 6.45) is 0.940. The van der Waals surface area contributed by atoms with Crippen LogP contribution in [0.5, 0.6) is 5.75 Å². The minimum absolute atomic E-state index is 0.131. The Labute approximate surface area is 138 Å². The summed E-state index contributed by atoms with van der Waals surface area (Å²) in [7, 11) is 0. The summed E-state index contributed by atoms with van der Waals surface area (Å²) >= 11 is 12.0. The van der Waals surface area contributed by atoms with Crippen molar-refractivity contribution in [3.63, 3.8) is 0 Å². The fourth-order valence-corrected chi connectivity index (χ4v) is 2.51. The quantitative estimate of drug-likeness (QED) is 0.805. The molecule has 0 aromatic heterocycles. The van der Waals surface area contributed by atoms with Gasteiger partial charge in [0.05, 0.1) is 17.2 Å². The van der Waals surface area contributed by atoms with Gasteiger partial charge in [0.2, 0.25) is 0 Å². The highest BCUT2D eigenvalue weighted by atomic mass is 35.5. The fourth-order valence-electron chi connectivity index (χ4n) is 2.14. The Morgan fingerprint density at radius 2 is 2.18 bits per heavy atom. The number of ether oxygens (including phenoxy) is 2. The maximum absolute atomic E-state index is 11.8. The van der Waals surface area contributed by atoms with Crippen LogP contribution in [0.3, 0.4) is 0 Å². The number of halogens is 2. The molecule has 120 valence electrons. The molecule has 1 saturated heterocycles. The number of rotatable bonds is 6. The molecule has 0 aliphatic carbocycles. The largest absolute Gasteiger partial charge is 0.481 e. The van der Waals surface area contributed by atoms with Crippen molar-refractivity contribution >= 4 is 34.9 Å². The van der Waals surface area contributed by atoms with Crippen LogP contribution >= 0.6 is 23.2 Å². The molecule has 1 fully saturated rings. The molecular weight excluding hydrogens is 329 g/mol. The number of nitrogens with one attached hydrogen (secondary N) is 1. The first kappa shape index (κ1) is 17.1. The van der Waals surface area contributed by atoms with E-state index in [1.807, 2.05) is 0 Å². The number of benzene rings is 1. The predicted molar refractivity (Wildman–Crippen MR) is 83.9 cm³/mol. The lowest BCUT2D eigenvalue weighted by Gasteiger charge is -2.13. The second kappa shape index (κ2) is 7.81. The van der Waals surface area contributed by atoms with Gasteiger partial charge in [-0.1, -0.05) is 23.2 Å². The molecule has 1 amide bonds. The Morgan fingerprint density at radius 1 is 1.41 bits per heavy atom. The predicted octanol–water partition coefficient (Wildman–Crippen LogP) is 2.73. The molecule has 7 heteroatoms. The minimum atomic E-state index is -0.280. The van der Waals surface area contributed by atoms with Crippen LogP contribution in [0.15, 0.2) is 12.1 Å². The molecule has 2 rings (SSSR count). The zero-order valence-corrected chi connectivity index (χ0v) is 13.7. The van der Waals surface area contributed by atoms with E-state index in [1.54, 1.807) is 0 Å². The summed E-state index contributed by atoms with van der Waals surface area (Å²) in [5, 5.41) is 3.17. The van der Waals surface area contributed by atoms with Crippen molar-refractivity contribution in [1.82, 2.24) is 5.32 Å². The summed E-state index contributed by atoms with van der Waals surface area (Å²) < 4.78 is 10.6. The van der Waals surface area contributed by atoms with Gasteiger partial charge in [0.15, 0.2) is 18.1 Å². The van der Waals surface area contributed by atoms with E-state index < -0.39 is 0 Å². The van der Waals surface area contributed by atoms with Gasteiger partial charge < -0.3 is 14.8 Å². The van der Waals surface area contributed by atoms with E-state index in [9.17, 15) is 9.59 Å². The van der Waals surface area contributed by atoms with Crippen molar-refractivity contribution in [1.29, 1.82) is 0 Å². The molecule has 0 spiro atoms. The van der Waals surface area contributed by atoms with Gasteiger partial charge in [-0.05, 0) is 25.5 Å². The van der Waals surface area contributed by atoms with Crippen LogP contribution in [-0.4, -0.2) is 38.1 Å². The van der Waals surface area contributed by atoms with Crippen molar-refractivity contribution in [2.24, 2.45) is 5.92 Å². The van der Waals surface area contributed by atoms with Crippen molar-refractivity contribution < 1.29 is 19.1 Å². The number of carbonyl (C=O) groups excluding carboxylic acids is 2. The maximum Gasteiger partial charge on any atom is 0.257 e. The summed E-state index contributed by atoms with van der Waals surface area (Å²) in [5.41, 5.74) is 0.298. The highest BCUT2D eigenvalue weighted by molar-refractivity contribution is 6.43. The SMILES string of the molecule is CC(=O)c1ccc(Cl)c(Cl)c1OCC(=O)NC[C@H]1CCOC1. The first-order chi connectivity index (χ1) is 10.5. The van der Waals surface area contributed by atoms with Gasteiger partial charge in [-0.25, -0.2) is 0 Å². The standard InChI is InChI=1S/C15H17Cl2NO4/c1-9(19)11-2-3-12(16)14(17)15(11)22-8-13(20)18-6-10-4-5-21-7-10/h2-3,10H,4-8H2,1H3,(H,18,20)/t10-/m1/s1. The topological polar surface area (TPSA) is 64.6 Å². The van der Waals surface area contributed by atoms with Gasteiger partial charge in [0.1, 0.15) is 5.02 Å². The van der Waals surface area contributed by atoms with Gasteiger partial charge in [-0.15, -0.1) is 0 Å². The molecule has 1 aromatic rings. The molecule has 1 N–H and O–H groups in total. The van der Waals surface area contributed by atoms with E-state index in [-0.39, 0.29) is 34.1 Å². The zero-order valence-electron chi connectivity index (χ0n) is 12.2. The average Bonchev–Trinajstić information content (AvgIpc) is 2.99. The van der Waals surface area contributed by atoms with Gasteiger partial charge in [0, 0.05) is 19.1 Å². The lowest BCUT2D eigenvalue weighted by atomic mass is 10.1. The summed E-state index contributed by atoms with van der Waals surface area (Å²) in [4.78, 5) is 23.4. The highest BCUT2D eigenvalue weighted by Crippen LogP contribution is 2.35. The molecule has 0 radical (unpaired) electrons. The maximum atomic E-state index is 11.8. The molecule has 1 aliphatic heterocycles. The summed E-state index contributed by atoms with van der Waals surface area (Å²) in [6, 6.07) is 3.05. The van der Waals surface area contributed by atoms with E-state index in [4.69, 9.17) is 32.7 Å². The Balaban J connectivity index is 1.94. The van der Waals surface area contributed by atoms with Gasteiger partial charge >= 0.3 is 0 Å². The van der Waals surface area contributed by atoms with Crippen molar-refractivity contribution in [3.05, 3.63) is 27.7 Å². The monoisotopic (exact) mass is 345 g/mol. The Morgan fingerprint density at radius 3 is 2.82 bits per heavy atom. The second-order valence-corrected chi connectivity index (χ2v) is 5.90. The number of carbonyl (C=O) groups is 2. The zero-order chi connectivity index (χ0) is 16.1. The number of hydrogen-bond donors (Lipinski definition) is 1. The van der Waals surface area contributed by atoms with Crippen LogP contribution in [0.2, 0.25) is 10.0 Å². The number of ketones is 1. The second-order valence-electron chi connectivity index (χ2n) is 5.12. The molecular formula is C15H17Cl2NO4. The molecule has 0 unspecified atom stereocenters. The van der Waals surface area contributed by atoms with Gasteiger partial charge in [0.25, 0.3) is 5.91 Å². The minimum Gasteiger partial charge on any atom is -0.481 e.